The summed E-state index contributed by atoms with van der Waals surface area (Å²) >= 11 is 2.75. The Hall–Kier alpha value is -3.68. The SMILES string of the molecule is N#Cc1ccc(CSc2nnc(NC(=O)c3ccc(COc4ccc(F)cc4)o3)s2)cc1. The molecule has 0 bridgehead atoms. The van der Waals surface area contributed by atoms with Crippen LogP contribution in [0.15, 0.2) is 69.4 Å². The number of furan rings is 1. The predicted molar refractivity (Wildman–Crippen MR) is 118 cm³/mol. The van der Waals surface area contributed by atoms with Crippen LogP contribution in [0.5, 0.6) is 5.75 Å². The van der Waals surface area contributed by atoms with Gasteiger partial charge in [-0.1, -0.05) is 35.2 Å². The fourth-order valence-corrected chi connectivity index (χ4v) is 4.26. The molecule has 0 fully saturated rings. The van der Waals surface area contributed by atoms with Crippen molar-refractivity contribution in [2.75, 3.05) is 5.32 Å². The molecule has 0 unspecified atom stereocenters. The van der Waals surface area contributed by atoms with Crippen molar-refractivity contribution in [1.29, 1.82) is 5.26 Å². The Morgan fingerprint density at radius 3 is 2.66 bits per heavy atom. The zero-order valence-corrected chi connectivity index (χ0v) is 18.1. The highest BCUT2D eigenvalue weighted by atomic mass is 32.2. The molecule has 0 radical (unpaired) electrons. The molecule has 1 amide bonds. The Kier molecular flexibility index (Phi) is 6.79. The monoisotopic (exact) mass is 466 g/mol. The van der Waals surface area contributed by atoms with Crippen molar-refractivity contribution in [1.82, 2.24) is 10.2 Å². The van der Waals surface area contributed by atoms with E-state index in [1.807, 2.05) is 12.1 Å². The average Bonchev–Trinajstić information content (AvgIpc) is 3.47. The van der Waals surface area contributed by atoms with Crippen LogP contribution in [0.3, 0.4) is 0 Å². The minimum Gasteiger partial charge on any atom is -0.486 e. The Labute approximate surface area is 190 Å². The van der Waals surface area contributed by atoms with E-state index in [0.717, 1.165) is 5.56 Å². The Balaban J connectivity index is 1.28. The second-order valence-electron chi connectivity index (χ2n) is 6.43. The third-order valence-electron chi connectivity index (χ3n) is 4.15. The number of nitrogens with one attached hydrogen (secondary N) is 1. The second-order valence-corrected chi connectivity index (χ2v) is 8.63. The lowest BCUT2D eigenvalue weighted by molar-refractivity contribution is 0.0992. The minimum absolute atomic E-state index is 0.105. The first-order chi connectivity index (χ1) is 15.6. The van der Waals surface area contributed by atoms with Crippen LogP contribution in [-0.2, 0) is 12.4 Å². The number of nitriles is 1. The van der Waals surface area contributed by atoms with Gasteiger partial charge in [0.25, 0.3) is 5.91 Å². The van der Waals surface area contributed by atoms with E-state index in [2.05, 4.69) is 21.6 Å². The summed E-state index contributed by atoms with van der Waals surface area (Å²) < 4.78 is 24.7. The number of carbonyl (C=O) groups is 1. The van der Waals surface area contributed by atoms with E-state index in [-0.39, 0.29) is 18.2 Å². The predicted octanol–water partition coefficient (Wildman–Crippen LogP) is 5.27. The van der Waals surface area contributed by atoms with Gasteiger partial charge in [0.2, 0.25) is 5.13 Å². The lowest BCUT2D eigenvalue weighted by Gasteiger charge is -2.03. The number of benzene rings is 2. The van der Waals surface area contributed by atoms with Gasteiger partial charge in [-0.3, -0.25) is 10.1 Å². The van der Waals surface area contributed by atoms with E-state index in [1.165, 1.54) is 47.4 Å². The number of thioether (sulfide) groups is 1. The van der Waals surface area contributed by atoms with Crippen LogP contribution in [0.1, 0.15) is 27.4 Å². The zero-order chi connectivity index (χ0) is 22.3. The summed E-state index contributed by atoms with van der Waals surface area (Å²) in [4.78, 5) is 12.4. The average molecular weight is 467 g/mol. The first-order valence-electron chi connectivity index (χ1n) is 9.33. The van der Waals surface area contributed by atoms with Crippen LogP contribution in [-0.4, -0.2) is 16.1 Å². The molecule has 0 aliphatic rings. The fraction of sp³-hybridized carbons (Fsp3) is 0.0909. The van der Waals surface area contributed by atoms with Crippen LogP contribution in [0.4, 0.5) is 9.52 Å². The standard InChI is InChI=1S/C22H15FN4O3S2/c23-16-5-7-17(8-6-16)29-12-18-9-10-19(30-18)20(28)25-21-26-27-22(32-21)31-13-15-3-1-14(11-24)2-4-15/h1-10H,12-13H2,(H,25,26,28). The summed E-state index contributed by atoms with van der Waals surface area (Å²) in [5.74, 6) is 0.942. The molecular formula is C22H15FN4O3S2. The summed E-state index contributed by atoms with van der Waals surface area (Å²) in [6.45, 7) is 0.105. The summed E-state index contributed by atoms with van der Waals surface area (Å²) in [5.41, 5.74) is 1.67. The Bertz CT molecular complexity index is 1250. The van der Waals surface area contributed by atoms with E-state index in [0.29, 0.717) is 32.3 Å². The number of amides is 1. The number of halogens is 1. The fourth-order valence-electron chi connectivity index (χ4n) is 2.56. The Morgan fingerprint density at radius 2 is 1.91 bits per heavy atom. The van der Waals surface area contributed by atoms with Gasteiger partial charge in [0.05, 0.1) is 11.6 Å². The smallest absolute Gasteiger partial charge is 0.293 e. The maximum atomic E-state index is 12.9. The number of hydrogen-bond donors (Lipinski definition) is 1. The number of rotatable bonds is 8. The quantitative estimate of drug-likeness (QED) is 0.279. The molecule has 0 aliphatic carbocycles. The molecule has 1 N–H and O–H groups in total. The van der Waals surface area contributed by atoms with Gasteiger partial charge in [0.15, 0.2) is 10.1 Å². The lowest BCUT2D eigenvalue weighted by Crippen LogP contribution is -2.10. The molecule has 4 aromatic rings. The highest BCUT2D eigenvalue weighted by Crippen LogP contribution is 2.28. The molecule has 7 nitrogen and oxygen atoms in total. The van der Waals surface area contributed by atoms with Gasteiger partial charge in [-0.05, 0) is 54.1 Å². The maximum absolute atomic E-state index is 12.9. The second kappa shape index (κ2) is 10.1. The van der Waals surface area contributed by atoms with Crippen LogP contribution >= 0.6 is 23.1 Å². The van der Waals surface area contributed by atoms with E-state index >= 15 is 0 Å². The molecule has 160 valence electrons. The molecule has 2 aromatic carbocycles. The van der Waals surface area contributed by atoms with E-state index in [9.17, 15) is 9.18 Å². The summed E-state index contributed by atoms with van der Waals surface area (Å²) in [6.07, 6.45) is 0. The van der Waals surface area contributed by atoms with Crippen LogP contribution in [0, 0.1) is 17.1 Å². The first-order valence-corrected chi connectivity index (χ1v) is 11.1. The normalized spacial score (nSPS) is 10.5. The number of aromatic nitrogens is 2. The molecule has 32 heavy (non-hydrogen) atoms. The van der Waals surface area contributed by atoms with Crippen molar-refractivity contribution >= 4 is 34.1 Å². The van der Waals surface area contributed by atoms with E-state index in [4.69, 9.17) is 14.4 Å². The topological polar surface area (TPSA) is 101 Å². The lowest BCUT2D eigenvalue weighted by atomic mass is 10.2. The Morgan fingerprint density at radius 1 is 1.12 bits per heavy atom. The molecule has 0 aliphatic heterocycles. The number of carbonyl (C=O) groups excluding carboxylic acids is 1. The number of nitrogens with zero attached hydrogens (tertiary/aromatic N) is 3. The highest BCUT2D eigenvalue weighted by Gasteiger charge is 2.15. The van der Waals surface area contributed by atoms with Gasteiger partial charge < -0.3 is 9.15 Å². The van der Waals surface area contributed by atoms with E-state index in [1.54, 1.807) is 24.3 Å². The number of anilines is 1. The number of hydrogen-bond acceptors (Lipinski definition) is 8. The molecular weight excluding hydrogens is 451 g/mol. The van der Waals surface area contributed by atoms with Crippen molar-refractivity contribution in [3.63, 3.8) is 0 Å². The van der Waals surface area contributed by atoms with Gasteiger partial charge in [0.1, 0.15) is 23.9 Å². The van der Waals surface area contributed by atoms with Gasteiger partial charge in [0, 0.05) is 5.75 Å². The minimum atomic E-state index is -0.446. The summed E-state index contributed by atoms with van der Waals surface area (Å²) in [6, 6.07) is 18.2. The van der Waals surface area contributed by atoms with Gasteiger partial charge in [-0.15, -0.1) is 10.2 Å². The maximum Gasteiger partial charge on any atom is 0.293 e. The van der Waals surface area contributed by atoms with Crippen LogP contribution < -0.4 is 10.1 Å². The highest BCUT2D eigenvalue weighted by molar-refractivity contribution is 8.00. The number of ether oxygens (including phenoxy) is 1. The third kappa shape index (κ3) is 5.72. The van der Waals surface area contributed by atoms with Crippen molar-refractivity contribution in [3.05, 3.63) is 89.1 Å². The molecule has 0 atom stereocenters. The first kappa shape index (κ1) is 21.5. The largest absolute Gasteiger partial charge is 0.486 e. The van der Waals surface area contributed by atoms with Crippen LogP contribution in [0.25, 0.3) is 0 Å². The van der Waals surface area contributed by atoms with Crippen molar-refractivity contribution in [2.45, 2.75) is 16.7 Å². The van der Waals surface area contributed by atoms with Gasteiger partial charge in [-0.25, -0.2) is 4.39 Å². The molecule has 2 aromatic heterocycles. The van der Waals surface area contributed by atoms with Crippen LogP contribution in [0.2, 0.25) is 0 Å². The van der Waals surface area contributed by atoms with Crippen molar-refractivity contribution in [2.24, 2.45) is 0 Å². The van der Waals surface area contributed by atoms with E-state index < -0.39 is 5.91 Å². The van der Waals surface area contributed by atoms with Gasteiger partial charge >= 0.3 is 0 Å². The third-order valence-corrected chi connectivity index (χ3v) is 6.20. The molecule has 0 spiro atoms. The van der Waals surface area contributed by atoms with Gasteiger partial charge in [-0.2, -0.15) is 5.26 Å². The zero-order valence-electron chi connectivity index (χ0n) is 16.4. The molecule has 0 saturated carbocycles. The summed E-state index contributed by atoms with van der Waals surface area (Å²) in [5, 5.41) is 19.9. The molecule has 2 heterocycles. The molecule has 4 rings (SSSR count). The molecule has 0 saturated heterocycles. The molecule has 10 heteroatoms. The summed E-state index contributed by atoms with van der Waals surface area (Å²) in [7, 11) is 0. The van der Waals surface area contributed by atoms with Crippen molar-refractivity contribution in [3.8, 4) is 11.8 Å². The van der Waals surface area contributed by atoms with Crippen molar-refractivity contribution < 1.29 is 18.3 Å².